The van der Waals surface area contributed by atoms with E-state index in [0.29, 0.717) is 32.5 Å². The molecule has 0 aliphatic carbocycles. The summed E-state index contributed by atoms with van der Waals surface area (Å²) in [5, 5.41) is 9.87. The molecule has 0 bridgehead atoms. The van der Waals surface area contributed by atoms with Crippen LogP contribution in [0.25, 0.3) is 16.6 Å². The average Bonchev–Trinajstić information content (AvgIpc) is 2.85. The van der Waals surface area contributed by atoms with Gasteiger partial charge in [0.15, 0.2) is 5.16 Å². The molecule has 0 spiro atoms. The minimum Gasteiger partial charge on any atom is -0.310 e. The zero-order chi connectivity index (χ0) is 24.1. The van der Waals surface area contributed by atoms with Gasteiger partial charge in [-0.05, 0) is 49.4 Å². The van der Waals surface area contributed by atoms with Gasteiger partial charge in [0.25, 0.3) is 5.56 Å². The molecule has 1 atom stereocenters. The molecule has 1 aromatic heterocycles. The summed E-state index contributed by atoms with van der Waals surface area (Å²) < 4.78 is 1.49. The highest BCUT2D eigenvalue weighted by atomic mass is 35.5. The van der Waals surface area contributed by atoms with Crippen molar-refractivity contribution in [2.24, 2.45) is 0 Å². The Hall–Kier alpha value is -3.60. The zero-order valence-electron chi connectivity index (χ0n) is 18.4. The molecule has 1 amide bonds. The van der Waals surface area contributed by atoms with Crippen LogP contribution < -0.4 is 10.5 Å². The van der Waals surface area contributed by atoms with Crippen LogP contribution in [0.4, 0.5) is 5.69 Å². The van der Waals surface area contributed by atoms with Crippen molar-refractivity contribution in [3.63, 3.8) is 0 Å². The number of aromatic nitrogens is 2. The molecule has 170 valence electrons. The Morgan fingerprint density at radius 1 is 1.12 bits per heavy atom. The van der Waals surface area contributed by atoms with Crippen molar-refractivity contribution in [1.82, 2.24) is 9.55 Å². The average molecular weight is 489 g/mol. The second-order valence-corrected chi connectivity index (χ2v) is 9.27. The van der Waals surface area contributed by atoms with Crippen LogP contribution >= 0.6 is 23.4 Å². The summed E-state index contributed by atoms with van der Waals surface area (Å²) in [4.78, 5) is 33.2. The molecule has 34 heavy (non-hydrogen) atoms. The van der Waals surface area contributed by atoms with Crippen molar-refractivity contribution in [2.75, 3.05) is 11.4 Å². The number of fused-ring (bicyclic) bond motifs is 1. The van der Waals surface area contributed by atoms with E-state index < -0.39 is 5.25 Å². The van der Waals surface area contributed by atoms with Crippen LogP contribution in [0.5, 0.6) is 0 Å². The van der Waals surface area contributed by atoms with Crippen molar-refractivity contribution >= 4 is 45.9 Å². The van der Waals surface area contributed by atoms with E-state index in [0.717, 1.165) is 0 Å². The van der Waals surface area contributed by atoms with Crippen LogP contribution in [0.2, 0.25) is 5.02 Å². The largest absolute Gasteiger partial charge is 0.310 e. The van der Waals surface area contributed by atoms with Crippen molar-refractivity contribution in [3.8, 4) is 11.8 Å². The molecule has 0 saturated carbocycles. The lowest BCUT2D eigenvalue weighted by molar-refractivity contribution is -0.117. The van der Waals surface area contributed by atoms with E-state index in [2.05, 4.69) is 6.07 Å². The second-order valence-electron chi connectivity index (χ2n) is 7.53. The minimum absolute atomic E-state index is 0.175. The highest BCUT2D eigenvalue weighted by Crippen LogP contribution is 2.28. The van der Waals surface area contributed by atoms with E-state index in [-0.39, 0.29) is 24.4 Å². The standard InChI is InChI=1S/C26H21ClN4O2S/c1-18(24(32)30(16-8-15-28)20-10-3-2-4-11-20)34-26-29-23-14-6-5-13-22(23)25(33)31(26)21-12-7-9-19(27)17-21/h2-7,9-14,17-18H,8,16H2,1H3. The Balaban J connectivity index is 1.76. The van der Waals surface area contributed by atoms with E-state index in [4.69, 9.17) is 21.8 Å². The van der Waals surface area contributed by atoms with Crippen LogP contribution in [-0.4, -0.2) is 27.3 Å². The maximum Gasteiger partial charge on any atom is 0.266 e. The molecule has 4 rings (SSSR count). The number of carbonyl (C=O) groups excluding carboxylic acids is 1. The van der Waals surface area contributed by atoms with Crippen molar-refractivity contribution in [3.05, 3.63) is 94.2 Å². The first kappa shape index (κ1) is 23.6. The lowest BCUT2D eigenvalue weighted by Crippen LogP contribution is -2.37. The molecule has 8 heteroatoms. The molecule has 4 aromatic rings. The van der Waals surface area contributed by atoms with Gasteiger partial charge in [0.1, 0.15) is 0 Å². The lowest BCUT2D eigenvalue weighted by Gasteiger charge is -2.25. The van der Waals surface area contributed by atoms with Crippen molar-refractivity contribution in [2.45, 2.75) is 23.8 Å². The van der Waals surface area contributed by atoms with Crippen LogP contribution in [0.15, 0.2) is 88.8 Å². The van der Waals surface area contributed by atoms with Gasteiger partial charge >= 0.3 is 0 Å². The molecule has 1 unspecified atom stereocenters. The summed E-state index contributed by atoms with van der Waals surface area (Å²) in [7, 11) is 0. The van der Waals surface area contributed by atoms with Crippen molar-refractivity contribution in [1.29, 1.82) is 5.26 Å². The molecule has 1 heterocycles. The number of nitriles is 1. The Morgan fingerprint density at radius 3 is 2.59 bits per heavy atom. The molecule has 6 nitrogen and oxygen atoms in total. The SMILES string of the molecule is CC(Sc1nc2ccccc2c(=O)n1-c1cccc(Cl)c1)C(=O)N(CCC#N)c1ccccc1. The predicted octanol–water partition coefficient (Wildman–Crippen LogP) is 5.47. The van der Waals surface area contributed by atoms with Gasteiger partial charge in [-0.2, -0.15) is 5.26 Å². The van der Waals surface area contributed by atoms with Gasteiger partial charge < -0.3 is 4.90 Å². The lowest BCUT2D eigenvalue weighted by atomic mass is 10.2. The van der Waals surface area contributed by atoms with Crippen LogP contribution in [0.1, 0.15) is 13.3 Å². The van der Waals surface area contributed by atoms with E-state index in [9.17, 15) is 9.59 Å². The fourth-order valence-electron chi connectivity index (χ4n) is 3.60. The van der Waals surface area contributed by atoms with Gasteiger partial charge in [0.05, 0.1) is 34.3 Å². The summed E-state index contributed by atoms with van der Waals surface area (Å²) in [6, 6.07) is 25.4. The normalized spacial score (nSPS) is 11.7. The van der Waals surface area contributed by atoms with Gasteiger partial charge in [-0.1, -0.05) is 59.8 Å². The van der Waals surface area contributed by atoms with Gasteiger partial charge in [0.2, 0.25) is 5.91 Å². The van der Waals surface area contributed by atoms with E-state index >= 15 is 0 Å². The summed E-state index contributed by atoms with van der Waals surface area (Å²) in [6.45, 7) is 2.05. The van der Waals surface area contributed by atoms with Gasteiger partial charge in [-0.15, -0.1) is 0 Å². The molecule has 0 aliphatic rings. The quantitative estimate of drug-likeness (QED) is 0.255. The summed E-state index contributed by atoms with van der Waals surface area (Å²) >= 11 is 7.40. The summed E-state index contributed by atoms with van der Waals surface area (Å²) in [6.07, 6.45) is 0.208. The van der Waals surface area contributed by atoms with Crippen molar-refractivity contribution < 1.29 is 4.79 Å². The topological polar surface area (TPSA) is 79.0 Å². The number of benzene rings is 3. The second kappa shape index (κ2) is 10.6. The van der Waals surface area contributed by atoms with Crippen LogP contribution in [0, 0.1) is 11.3 Å². The van der Waals surface area contributed by atoms with Gasteiger partial charge in [-0.3, -0.25) is 14.2 Å². The number of nitrogens with zero attached hydrogens (tertiary/aromatic N) is 4. The van der Waals surface area contributed by atoms with Crippen LogP contribution in [-0.2, 0) is 4.79 Å². The van der Waals surface area contributed by atoms with E-state index in [1.54, 1.807) is 54.3 Å². The molecule has 0 radical (unpaired) electrons. The molecule has 3 aromatic carbocycles. The Labute approximate surface area is 206 Å². The predicted molar refractivity (Wildman–Crippen MR) is 137 cm³/mol. The number of para-hydroxylation sites is 2. The molecule has 0 N–H and O–H groups in total. The third-order valence-corrected chi connectivity index (χ3v) is 6.50. The number of carbonyl (C=O) groups is 1. The fraction of sp³-hybridized carbons (Fsp3) is 0.154. The summed E-state index contributed by atoms with van der Waals surface area (Å²) in [5.74, 6) is -0.175. The Bertz CT molecular complexity index is 1430. The third kappa shape index (κ3) is 4.98. The highest BCUT2D eigenvalue weighted by molar-refractivity contribution is 8.00. The molecule has 0 aliphatic heterocycles. The van der Waals surface area contributed by atoms with Gasteiger partial charge in [0, 0.05) is 17.3 Å². The maximum absolute atomic E-state index is 13.5. The number of halogens is 1. The number of anilines is 1. The Morgan fingerprint density at radius 2 is 1.85 bits per heavy atom. The van der Waals surface area contributed by atoms with E-state index in [1.165, 1.54) is 16.3 Å². The highest BCUT2D eigenvalue weighted by Gasteiger charge is 2.25. The molecular weight excluding hydrogens is 468 g/mol. The number of rotatable bonds is 7. The number of amides is 1. The minimum atomic E-state index is -0.572. The Kier molecular flexibility index (Phi) is 7.31. The van der Waals surface area contributed by atoms with Crippen LogP contribution in [0.3, 0.4) is 0 Å². The van der Waals surface area contributed by atoms with E-state index in [1.807, 2.05) is 36.4 Å². The number of thioether (sulfide) groups is 1. The zero-order valence-corrected chi connectivity index (χ0v) is 20.0. The first-order chi connectivity index (χ1) is 16.5. The molecule has 0 saturated heterocycles. The maximum atomic E-state index is 13.5. The smallest absolute Gasteiger partial charge is 0.266 e. The molecule has 0 fully saturated rings. The number of hydrogen-bond acceptors (Lipinski definition) is 5. The number of hydrogen-bond donors (Lipinski definition) is 0. The first-order valence-corrected chi connectivity index (χ1v) is 11.9. The molecular formula is C26H21ClN4O2S. The monoisotopic (exact) mass is 488 g/mol. The fourth-order valence-corrected chi connectivity index (χ4v) is 4.77. The third-order valence-electron chi connectivity index (χ3n) is 5.22. The summed E-state index contributed by atoms with van der Waals surface area (Å²) in [5.41, 5.74) is 1.60. The first-order valence-electron chi connectivity index (χ1n) is 10.7. The van der Waals surface area contributed by atoms with Gasteiger partial charge in [-0.25, -0.2) is 4.98 Å².